The molecule has 0 radical (unpaired) electrons. The lowest BCUT2D eigenvalue weighted by molar-refractivity contribution is -0.129. The summed E-state index contributed by atoms with van der Waals surface area (Å²) in [6.07, 6.45) is 2.26. The van der Waals surface area contributed by atoms with Gasteiger partial charge in [0.2, 0.25) is 5.91 Å². The molecular weight excluding hydrogens is 322 g/mol. The van der Waals surface area contributed by atoms with Gasteiger partial charge in [-0.1, -0.05) is 36.8 Å². The molecule has 0 fully saturated rings. The molecule has 0 bridgehead atoms. The van der Waals surface area contributed by atoms with Crippen molar-refractivity contribution in [1.82, 2.24) is 16.1 Å². The minimum absolute atomic E-state index is 0.239. The molecule has 2 aromatic carbocycles. The van der Waals surface area contributed by atoms with Crippen LogP contribution >= 0.6 is 0 Å². The molecule has 7 heteroatoms. The Kier molecular flexibility index (Phi) is 6.91. The molecule has 2 rings (SSSR count). The third kappa shape index (κ3) is 5.89. The lowest BCUT2D eigenvalue weighted by atomic mass is 10.1. The molecule has 7 nitrogen and oxygen atoms in total. The van der Waals surface area contributed by atoms with E-state index in [0.717, 1.165) is 17.2 Å². The van der Waals surface area contributed by atoms with E-state index < -0.39 is 17.8 Å². The van der Waals surface area contributed by atoms with Gasteiger partial charge < -0.3 is 5.32 Å². The Morgan fingerprint density at radius 1 is 0.920 bits per heavy atom. The van der Waals surface area contributed by atoms with Gasteiger partial charge in [-0.3, -0.25) is 20.1 Å². The molecule has 0 aliphatic rings. The predicted octanol–water partition coefficient (Wildman–Crippen LogP) is 2.34. The number of rotatable bonds is 7. The first-order chi connectivity index (χ1) is 12.1. The van der Waals surface area contributed by atoms with Crippen LogP contribution < -0.4 is 16.1 Å². The van der Waals surface area contributed by atoms with Crippen LogP contribution in [-0.2, 0) is 4.79 Å². The largest absolute Gasteiger partial charge is 0.338 e. The molecule has 0 aromatic heterocycles. The maximum Gasteiger partial charge on any atom is 0.321 e. The van der Waals surface area contributed by atoms with Crippen molar-refractivity contribution >= 4 is 28.6 Å². The number of fused-ring (bicyclic) bond motifs is 1. The minimum Gasteiger partial charge on any atom is -0.338 e. The van der Waals surface area contributed by atoms with Crippen LogP contribution in [0.15, 0.2) is 42.5 Å². The topological polar surface area (TPSA) is 108 Å². The van der Waals surface area contributed by atoms with E-state index in [1.807, 2.05) is 30.3 Å². The maximum absolute atomic E-state index is 12.1. The van der Waals surface area contributed by atoms with E-state index in [9.17, 15) is 14.4 Å². The average Bonchev–Trinajstić information content (AvgIpc) is 2.63. The van der Waals surface area contributed by atoms with E-state index in [1.165, 1.54) is 0 Å². The van der Waals surface area contributed by atoms with Gasteiger partial charge in [0.1, 0.15) is 0 Å². The van der Waals surface area contributed by atoms with Crippen molar-refractivity contribution in [1.29, 1.82) is 0 Å². The van der Waals surface area contributed by atoms with Crippen molar-refractivity contribution in [2.75, 3.05) is 6.54 Å². The van der Waals surface area contributed by atoms with E-state index in [1.54, 1.807) is 17.6 Å². The normalized spacial score (nSPS) is 10.3. The van der Waals surface area contributed by atoms with Crippen molar-refractivity contribution in [3.8, 4) is 0 Å². The van der Waals surface area contributed by atoms with Gasteiger partial charge in [-0.25, -0.2) is 10.3 Å². The van der Waals surface area contributed by atoms with E-state index in [0.29, 0.717) is 24.9 Å². The second kappa shape index (κ2) is 9.39. The fraction of sp³-hybridized carbons (Fsp3) is 0.278. The number of carbonyl (C=O) groups excluding carboxylic acids is 3. The fourth-order valence-electron chi connectivity index (χ4n) is 2.40. The Balaban J connectivity index is 1.72. The second-order valence-corrected chi connectivity index (χ2v) is 5.62. The maximum atomic E-state index is 12.1. The van der Waals surface area contributed by atoms with Crippen LogP contribution in [-0.4, -0.2) is 29.6 Å². The van der Waals surface area contributed by atoms with Gasteiger partial charge in [-0.05, 0) is 35.7 Å². The standard InChI is InChI=1S/C18H21N3O4/c22-16(21-25)8-2-1-5-11-19-18(24)20-17(23)15-10-9-13-6-3-4-7-14(13)12-15/h3-4,6-7,9-10,12,25H,1-2,5,8,11H2,(H,21,22)(H2,19,20,23,24). The van der Waals surface area contributed by atoms with Crippen LogP contribution in [0.2, 0.25) is 0 Å². The minimum atomic E-state index is -0.550. The highest BCUT2D eigenvalue weighted by Crippen LogP contribution is 2.15. The van der Waals surface area contributed by atoms with Crippen molar-refractivity contribution in [2.24, 2.45) is 0 Å². The van der Waals surface area contributed by atoms with Crippen LogP contribution in [0.1, 0.15) is 36.0 Å². The van der Waals surface area contributed by atoms with E-state index >= 15 is 0 Å². The molecule has 2 aromatic rings. The number of carbonyl (C=O) groups is 3. The Labute approximate surface area is 145 Å². The van der Waals surface area contributed by atoms with Gasteiger partial charge in [0.25, 0.3) is 5.91 Å². The summed E-state index contributed by atoms with van der Waals surface area (Å²) in [6, 6.07) is 12.4. The van der Waals surface area contributed by atoms with E-state index in [-0.39, 0.29) is 6.42 Å². The smallest absolute Gasteiger partial charge is 0.321 e. The number of benzene rings is 2. The van der Waals surface area contributed by atoms with Gasteiger partial charge in [-0.2, -0.15) is 0 Å². The number of imide groups is 1. The highest BCUT2D eigenvalue weighted by atomic mass is 16.5. The lowest BCUT2D eigenvalue weighted by Crippen LogP contribution is -2.39. The van der Waals surface area contributed by atoms with Crippen LogP contribution in [0, 0.1) is 0 Å². The van der Waals surface area contributed by atoms with Crippen LogP contribution in [0.3, 0.4) is 0 Å². The first kappa shape index (κ1) is 18.4. The monoisotopic (exact) mass is 343 g/mol. The quantitative estimate of drug-likeness (QED) is 0.351. The summed E-state index contributed by atoms with van der Waals surface area (Å²) in [5.41, 5.74) is 1.99. The highest BCUT2D eigenvalue weighted by molar-refractivity contribution is 6.06. The molecule has 4 amide bonds. The second-order valence-electron chi connectivity index (χ2n) is 5.62. The van der Waals surface area contributed by atoms with Gasteiger partial charge >= 0.3 is 6.03 Å². The summed E-state index contributed by atoms with van der Waals surface area (Å²) in [4.78, 5) is 34.7. The van der Waals surface area contributed by atoms with Gasteiger partial charge in [0.15, 0.2) is 0 Å². The number of amides is 4. The Morgan fingerprint density at radius 3 is 2.44 bits per heavy atom. The Bertz CT molecular complexity index is 761. The zero-order valence-electron chi connectivity index (χ0n) is 13.7. The summed E-state index contributed by atoms with van der Waals surface area (Å²) in [5, 5.41) is 15.2. The zero-order valence-corrected chi connectivity index (χ0v) is 13.7. The number of unbranched alkanes of at least 4 members (excludes halogenated alkanes) is 2. The van der Waals surface area contributed by atoms with Crippen molar-refractivity contribution in [2.45, 2.75) is 25.7 Å². The van der Waals surface area contributed by atoms with Crippen LogP contribution in [0.4, 0.5) is 4.79 Å². The third-order valence-corrected chi connectivity index (χ3v) is 3.73. The van der Waals surface area contributed by atoms with Crippen LogP contribution in [0.25, 0.3) is 10.8 Å². The molecule has 0 saturated carbocycles. The fourth-order valence-corrected chi connectivity index (χ4v) is 2.40. The van der Waals surface area contributed by atoms with Gasteiger partial charge in [0, 0.05) is 18.5 Å². The molecule has 25 heavy (non-hydrogen) atoms. The number of nitrogens with one attached hydrogen (secondary N) is 3. The van der Waals surface area contributed by atoms with Crippen molar-refractivity contribution in [3.63, 3.8) is 0 Å². The molecule has 0 aliphatic carbocycles. The summed E-state index contributed by atoms with van der Waals surface area (Å²) in [6.45, 7) is 0.400. The molecule has 0 heterocycles. The first-order valence-electron chi connectivity index (χ1n) is 8.11. The van der Waals surface area contributed by atoms with E-state index in [4.69, 9.17) is 5.21 Å². The summed E-state index contributed by atoms with van der Waals surface area (Å²) < 4.78 is 0. The summed E-state index contributed by atoms with van der Waals surface area (Å²) >= 11 is 0. The molecule has 0 spiro atoms. The summed E-state index contributed by atoms with van der Waals surface area (Å²) in [5.74, 6) is -0.880. The van der Waals surface area contributed by atoms with Gasteiger partial charge in [0.05, 0.1) is 0 Å². The molecule has 0 saturated heterocycles. The predicted molar refractivity (Wildman–Crippen MR) is 93.2 cm³/mol. The molecule has 0 unspecified atom stereocenters. The average molecular weight is 343 g/mol. The highest BCUT2D eigenvalue weighted by Gasteiger charge is 2.10. The Hall–Kier alpha value is -2.93. The third-order valence-electron chi connectivity index (χ3n) is 3.73. The lowest BCUT2D eigenvalue weighted by Gasteiger charge is -2.07. The molecule has 0 aliphatic heterocycles. The molecule has 4 N–H and O–H groups in total. The van der Waals surface area contributed by atoms with Gasteiger partial charge in [-0.15, -0.1) is 0 Å². The first-order valence-corrected chi connectivity index (χ1v) is 8.11. The summed E-state index contributed by atoms with van der Waals surface area (Å²) in [7, 11) is 0. The molecular formula is C18H21N3O4. The number of hydrogen-bond donors (Lipinski definition) is 4. The number of hydroxylamine groups is 1. The molecule has 0 atom stereocenters. The van der Waals surface area contributed by atoms with Crippen molar-refractivity contribution in [3.05, 3.63) is 48.0 Å². The Morgan fingerprint density at radius 2 is 1.68 bits per heavy atom. The number of urea groups is 1. The van der Waals surface area contributed by atoms with E-state index in [2.05, 4.69) is 10.6 Å². The van der Waals surface area contributed by atoms with Crippen molar-refractivity contribution < 1.29 is 19.6 Å². The molecule has 132 valence electrons. The zero-order chi connectivity index (χ0) is 18.1. The van der Waals surface area contributed by atoms with Crippen LogP contribution in [0.5, 0.6) is 0 Å². The SMILES string of the molecule is O=C(CCCCCNC(=O)NC(=O)c1ccc2ccccc2c1)NO. The number of hydrogen-bond acceptors (Lipinski definition) is 4.